The summed E-state index contributed by atoms with van der Waals surface area (Å²) in [6.07, 6.45) is 0. The van der Waals surface area contributed by atoms with Crippen molar-refractivity contribution in [1.29, 1.82) is 0 Å². The minimum absolute atomic E-state index is 0.105. The van der Waals surface area contributed by atoms with E-state index in [1.807, 2.05) is 50.2 Å². The molecule has 138 valence electrons. The molecule has 0 radical (unpaired) electrons. The van der Waals surface area contributed by atoms with Crippen LogP contribution in [0.25, 0.3) is 10.9 Å². The predicted molar refractivity (Wildman–Crippen MR) is 108 cm³/mol. The van der Waals surface area contributed by atoms with E-state index in [9.17, 15) is 9.59 Å². The van der Waals surface area contributed by atoms with Gasteiger partial charge in [0.2, 0.25) is 11.9 Å². The molecule has 2 N–H and O–H groups in total. The van der Waals surface area contributed by atoms with Crippen LogP contribution in [0.3, 0.4) is 0 Å². The van der Waals surface area contributed by atoms with Crippen LogP contribution in [0.2, 0.25) is 0 Å². The second-order valence-electron chi connectivity index (χ2n) is 6.07. The average Bonchev–Trinajstić information content (AvgIpc) is 2.66. The van der Waals surface area contributed by atoms with Gasteiger partial charge in [0.25, 0.3) is 5.56 Å². The number of nitrogens with zero attached hydrogens (tertiary/aromatic N) is 3. The number of aromatic nitrogens is 2. The van der Waals surface area contributed by atoms with Crippen molar-refractivity contribution in [1.82, 2.24) is 9.55 Å². The molecule has 27 heavy (non-hydrogen) atoms. The van der Waals surface area contributed by atoms with Crippen molar-refractivity contribution in [3.8, 4) is 0 Å². The minimum atomic E-state index is -0.132. The summed E-state index contributed by atoms with van der Waals surface area (Å²) in [5, 5.41) is 7.70. The number of hydrazone groups is 1. The van der Waals surface area contributed by atoms with Crippen LogP contribution in [0, 0.1) is 0 Å². The van der Waals surface area contributed by atoms with E-state index in [1.54, 1.807) is 16.7 Å². The lowest BCUT2D eigenvalue weighted by Crippen LogP contribution is -2.23. The number of amides is 1. The molecule has 3 aromatic rings. The van der Waals surface area contributed by atoms with E-state index in [2.05, 4.69) is 20.8 Å². The van der Waals surface area contributed by atoms with Crippen molar-refractivity contribution in [3.05, 3.63) is 64.4 Å². The van der Waals surface area contributed by atoms with Gasteiger partial charge in [0.15, 0.2) is 0 Å². The van der Waals surface area contributed by atoms with E-state index >= 15 is 0 Å². The number of rotatable bonds is 5. The summed E-state index contributed by atoms with van der Waals surface area (Å²) >= 11 is 0. The standard InChI is InChI=1S/C20H21N5O2/c1-4-25-19(27)17-10-5-6-11-18(17)22-20(25)24-23-13(2)15-8-7-9-16(12-15)21-14(3)26/h5-12H,4H2,1-3H3,(H,21,26)(H,22,24)/b23-13-. The van der Waals surface area contributed by atoms with Gasteiger partial charge in [-0.1, -0.05) is 24.3 Å². The van der Waals surface area contributed by atoms with Gasteiger partial charge >= 0.3 is 0 Å². The van der Waals surface area contributed by atoms with Crippen molar-refractivity contribution in [2.45, 2.75) is 27.3 Å². The van der Waals surface area contributed by atoms with Gasteiger partial charge in [0, 0.05) is 19.2 Å². The first-order valence-corrected chi connectivity index (χ1v) is 8.67. The van der Waals surface area contributed by atoms with Crippen LogP contribution in [0.15, 0.2) is 58.4 Å². The summed E-state index contributed by atoms with van der Waals surface area (Å²) < 4.78 is 1.55. The lowest BCUT2D eigenvalue weighted by molar-refractivity contribution is -0.114. The summed E-state index contributed by atoms with van der Waals surface area (Å²) in [5.74, 6) is 0.255. The number of hydrogen-bond acceptors (Lipinski definition) is 5. The van der Waals surface area contributed by atoms with E-state index in [1.165, 1.54) is 6.92 Å². The van der Waals surface area contributed by atoms with Gasteiger partial charge < -0.3 is 5.32 Å². The van der Waals surface area contributed by atoms with Gasteiger partial charge in [-0.2, -0.15) is 5.10 Å². The molecule has 0 spiro atoms. The van der Waals surface area contributed by atoms with E-state index < -0.39 is 0 Å². The summed E-state index contributed by atoms with van der Waals surface area (Å²) in [6, 6.07) is 14.6. The fraction of sp³-hybridized carbons (Fsp3) is 0.200. The summed E-state index contributed by atoms with van der Waals surface area (Å²) in [4.78, 5) is 28.4. The predicted octanol–water partition coefficient (Wildman–Crippen LogP) is 3.21. The summed E-state index contributed by atoms with van der Waals surface area (Å²) in [6.45, 7) is 5.67. The first kappa shape index (κ1) is 18.3. The Balaban J connectivity index is 1.93. The van der Waals surface area contributed by atoms with Gasteiger partial charge in [-0.25, -0.2) is 10.4 Å². The molecule has 0 aliphatic carbocycles. The molecule has 0 unspecified atom stereocenters. The van der Waals surface area contributed by atoms with Crippen molar-refractivity contribution >= 4 is 34.2 Å². The average molecular weight is 363 g/mol. The second-order valence-corrected chi connectivity index (χ2v) is 6.07. The summed E-state index contributed by atoms with van der Waals surface area (Å²) in [7, 11) is 0. The first-order chi connectivity index (χ1) is 13.0. The third-order valence-corrected chi connectivity index (χ3v) is 4.10. The fourth-order valence-electron chi connectivity index (χ4n) is 2.77. The van der Waals surface area contributed by atoms with Crippen molar-refractivity contribution in [2.75, 3.05) is 10.7 Å². The molecule has 0 bridgehead atoms. The number of nitrogens with one attached hydrogen (secondary N) is 2. The van der Waals surface area contributed by atoms with E-state index in [4.69, 9.17) is 0 Å². The Morgan fingerprint density at radius 1 is 1.15 bits per heavy atom. The monoisotopic (exact) mass is 363 g/mol. The number of carbonyl (C=O) groups excluding carboxylic acids is 1. The molecule has 1 aromatic heterocycles. The van der Waals surface area contributed by atoms with Crippen LogP contribution in [0.5, 0.6) is 0 Å². The smallest absolute Gasteiger partial charge is 0.262 e. The van der Waals surface area contributed by atoms with Gasteiger partial charge in [0.1, 0.15) is 0 Å². The van der Waals surface area contributed by atoms with Crippen LogP contribution in [0.4, 0.5) is 11.6 Å². The Hall–Kier alpha value is -3.48. The van der Waals surface area contributed by atoms with Crippen molar-refractivity contribution in [3.63, 3.8) is 0 Å². The van der Waals surface area contributed by atoms with Crippen LogP contribution in [-0.2, 0) is 11.3 Å². The molecule has 0 saturated heterocycles. The van der Waals surface area contributed by atoms with E-state index in [0.29, 0.717) is 34.8 Å². The molecule has 3 rings (SSSR count). The fourth-order valence-corrected chi connectivity index (χ4v) is 2.77. The van der Waals surface area contributed by atoms with Gasteiger partial charge in [0.05, 0.1) is 16.6 Å². The number of benzene rings is 2. The highest BCUT2D eigenvalue weighted by atomic mass is 16.1. The lowest BCUT2D eigenvalue weighted by Gasteiger charge is -2.11. The Morgan fingerprint density at radius 3 is 2.67 bits per heavy atom. The maximum absolute atomic E-state index is 12.6. The van der Waals surface area contributed by atoms with Crippen LogP contribution >= 0.6 is 0 Å². The van der Waals surface area contributed by atoms with Crippen LogP contribution in [0.1, 0.15) is 26.3 Å². The van der Waals surface area contributed by atoms with Crippen LogP contribution in [-0.4, -0.2) is 21.2 Å². The molecule has 0 atom stereocenters. The summed E-state index contributed by atoms with van der Waals surface area (Å²) in [5.41, 5.74) is 5.67. The molecule has 7 nitrogen and oxygen atoms in total. The van der Waals surface area contributed by atoms with Crippen molar-refractivity contribution in [2.24, 2.45) is 5.10 Å². The number of carbonyl (C=O) groups is 1. The zero-order valence-electron chi connectivity index (χ0n) is 15.5. The van der Waals surface area contributed by atoms with Gasteiger partial charge in [-0.15, -0.1) is 0 Å². The topological polar surface area (TPSA) is 88.4 Å². The highest BCUT2D eigenvalue weighted by Gasteiger charge is 2.09. The zero-order valence-corrected chi connectivity index (χ0v) is 15.5. The number of para-hydroxylation sites is 1. The normalized spacial score (nSPS) is 11.4. The Labute approximate surface area is 156 Å². The van der Waals surface area contributed by atoms with Crippen molar-refractivity contribution < 1.29 is 4.79 Å². The maximum Gasteiger partial charge on any atom is 0.262 e. The maximum atomic E-state index is 12.6. The molecule has 7 heteroatoms. The largest absolute Gasteiger partial charge is 0.326 e. The van der Waals surface area contributed by atoms with E-state index in [0.717, 1.165) is 5.56 Å². The van der Waals surface area contributed by atoms with Gasteiger partial charge in [-0.3, -0.25) is 14.2 Å². The number of hydrogen-bond donors (Lipinski definition) is 2. The number of fused-ring (bicyclic) bond motifs is 1. The SMILES string of the molecule is CCn1c(N/N=C(/C)c2cccc(NC(C)=O)c2)nc2ccccc2c1=O. The Morgan fingerprint density at radius 2 is 1.93 bits per heavy atom. The number of anilines is 2. The molecule has 0 saturated carbocycles. The van der Waals surface area contributed by atoms with Crippen LogP contribution < -0.4 is 16.3 Å². The molecule has 2 aromatic carbocycles. The van der Waals surface area contributed by atoms with E-state index in [-0.39, 0.29) is 11.5 Å². The molecular formula is C20H21N5O2. The second kappa shape index (κ2) is 7.82. The molecular weight excluding hydrogens is 342 g/mol. The molecule has 1 heterocycles. The van der Waals surface area contributed by atoms with Gasteiger partial charge in [-0.05, 0) is 43.7 Å². The third-order valence-electron chi connectivity index (χ3n) is 4.10. The third kappa shape index (κ3) is 4.03. The highest BCUT2D eigenvalue weighted by Crippen LogP contribution is 2.13. The highest BCUT2D eigenvalue weighted by molar-refractivity contribution is 6.00. The molecule has 1 amide bonds. The first-order valence-electron chi connectivity index (χ1n) is 8.67. The minimum Gasteiger partial charge on any atom is -0.326 e. The molecule has 0 aliphatic rings. The Kier molecular flexibility index (Phi) is 5.30. The molecule has 0 aliphatic heterocycles. The quantitative estimate of drug-likeness (QED) is 0.538. The lowest BCUT2D eigenvalue weighted by atomic mass is 10.1. The Bertz CT molecular complexity index is 1090. The molecule has 0 fully saturated rings. The zero-order chi connectivity index (χ0) is 19.4.